The van der Waals surface area contributed by atoms with E-state index in [9.17, 15) is 8.78 Å². The normalized spacial score (nSPS) is 10.9. The summed E-state index contributed by atoms with van der Waals surface area (Å²) in [5.74, 6) is -1.74. The van der Waals surface area contributed by atoms with Crippen molar-refractivity contribution in [1.82, 2.24) is 9.97 Å². The average molecular weight is 361 g/mol. The summed E-state index contributed by atoms with van der Waals surface area (Å²) in [6.07, 6.45) is 6.64. The van der Waals surface area contributed by atoms with E-state index in [-0.39, 0.29) is 5.39 Å². The van der Waals surface area contributed by atoms with Gasteiger partial charge in [-0.05, 0) is 47.7 Å². The second-order valence-electron chi connectivity index (χ2n) is 6.40. The maximum Gasteiger partial charge on any atom is 0.168 e. The van der Waals surface area contributed by atoms with Crippen LogP contribution in [0.3, 0.4) is 0 Å². The van der Waals surface area contributed by atoms with Gasteiger partial charge in [-0.3, -0.25) is 9.97 Å². The van der Waals surface area contributed by atoms with Crippen LogP contribution in [0, 0.1) is 18.6 Å². The lowest BCUT2D eigenvalue weighted by atomic mass is 10.1. The Morgan fingerprint density at radius 3 is 2.37 bits per heavy atom. The van der Waals surface area contributed by atoms with Gasteiger partial charge in [0, 0.05) is 29.7 Å². The van der Waals surface area contributed by atoms with Gasteiger partial charge in [-0.2, -0.15) is 0 Å². The van der Waals surface area contributed by atoms with Crippen LogP contribution >= 0.6 is 0 Å². The fraction of sp³-hybridized carbons (Fsp3) is 0.0909. The SMILES string of the molecule is Cc1cncc(N(Cc2cncc3c(F)c(F)ccc23)c2ccccc2)c1. The van der Waals surface area contributed by atoms with Crippen LogP contribution in [0.5, 0.6) is 0 Å². The van der Waals surface area contributed by atoms with E-state index < -0.39 is 11.6 Å². The highest BCUT2D eigenvalue weighted by Gasteiger charge is 2.15. The van der Waals surface area contributed by atoms with E-state index >= 15 is 0 Å². The van der Waals surface area contributed by atoms with Crippen molar-refractivity contribution >= 4 is 22.1 Å². The quantitative estimate of drug-likeness (QED) is 0.477. The molecular weight excluding hydrogens is 344 g/mol. The highest BCUT2D eigenvalue weighted by Crippen LogP contribution is 2.30. The Morgan fingerprint density at radius 2 is 1.59 bits per heavy atom. The molecule has 0 saturated carbocycles. The Balaban J connectivity index is 1.83. The molecule has 0 saturated heterocycles. The molecule has 0 unspecified atom stereocenters. The zero-order chi connectivity index (χ0) is 18.8. The lowest BCUT2D eigenvalue weighted by Crippen LogP contribution is -2.17. The van der Waals surface area contributed by atoms with E-state index in [1.807, 2.05) is 43.3 Å². The Kier molecular flexibility index (Phi) is 4.50. The van der Waals surface area contributed by atoms with E-state index in [4.69, 9.17) is 0 Å². The standard InChI is InChI=1S/C22H17F2N3/c1-15-9-18(12-25-10-15)27(17-5-3-2-4-6-17)14-16-11-26-13-20-19(16)7-8-21(23)22(20)24/h2-13H,14H2,1H3. The molecule has 2 aromatic heterocycles. The van der Waals surface area contributed by atoms with Crippen molar-refractivity contribution in [1.29, 1.82) is 0 Å². The summed E-state index contributed by atoms with van der Waals surface area (Å²) in [6, 6.07) is 14.7. The predicted molar refractivity (Wildman–Crippen MR) is 103 cm³/mol. The van der Waals surface area contributed by atoms with Gasteiger partial charge in [0.05, 0.1) is 18.4 Å². The highest BCUT2D eigenvalue weighted by atomic mass is 19.2. The molecule has 4 aromatic rings. The van der Waals surface area contributed by atoms with Crippen LogP contribution < -0.4 is 4.90 Å². The minimum absolute atomic E-state index is 0.183. The molecule has 0 bridgehead atoms. The third kappa shape index (κ3) is 3.36. The molecule has 5 heteroatoms. The minimum Gasteiger partial charge on any atom is -0.336 e. The highest BCUT2D eigenvalue weighted by molar-refractivity contribution is 5.86. The second-order valence-corrected chi connectivity index (χ2v) is 6.40. The van der Waals surface area contributed by atoms with E-state index in [2.05, 4.69) is 14.9 Å². The Bertz CT molecular complexity index is 1100. The molecule has 27 heavy (non-hydrogen) atoms. The zero-order valence-corrected chi connectivity index (χ0v) is 14.7. The summed E-state index contributed by atoms with van der Waals surface area (Å²) in [4.78, 5) is 10.5. The molecule has 0 radical (unpaired) electrons. The second kappa shape index (κ2) is 7.11. The smallest absolute Gasteiger partial charge is 0.168 e. The zero-order valence-electron chi connectivity index (χ0n) is 14.7. The van der Waals surface area contributed by atoms with Crippen molar-refractivity contribution < 1.29 is 8.78 Å². The van der Waals surface area contributed by atoms with Gasteiger partial charge in [0.2, 0.25) is 0 Å². The van der Waals surface area contributed by atoms with Gasteiger partial charge in [-0.1, -0.05) is 24.3 Å². The van der Waals surface area contributed by atoms with Crippen molar-refractivity contribution in [2.45, 2.75) is 13.5 Å². The molecule has 0 aliphatic carbocycles. The van der Waals surface area contributed by atoms with Gasteiger partial charge in [0.15, 0.2) is 11.6 Å². The first-order valence-corrected chi connectivity index (χ1v) is 8.58. The summed E-state index contributed by atoms with van der Waals surface area (Å²) in [5.41, 5.74) is 3.74. The number of hydrogen-bond acceptors (Lipinski definition) is 3. The minimum atomic E-state index is -0.871. The Morgan fingerprint density at radius 1 is 0.815 bits per heavy atom. The summed E-state index contributed by atoms with van der Waals surface area (Å²) >= 11 is 0. The molecule has 134 valence electrons. The van der Waals surface area contributed by atoms with Crippen LogP contribution in [0.4, 0.5) is 20.2 Å². The number of benzene rings is 2. The maximum atomic E-state index is 14.2. The summed E-state index contributed by atoms with van der Waals surface area (Å²) in [7, 11) is 0. The number of halogens is 2. The molecule has 0 amide bonds. The van der Waals surface area contributed by atoms with Gasteiger partial charge in [0.1, 0.15) is 0 Å². The van der Waals surface area contributed by atoms with Crippen LogP contribution in [0.15, 0.2) is 73.3 Å². The van der Waals surface area contributed by atoms with Gasteiger partial charge in [-0.25, -0.2) is 8.78 Å². The summed E-state index contributed by atoms with van der Waals surface area (Å²) in [6.45, 7) is 2.43. The largest absolute Gasteiger partial charge is 0.336 e. The summed E-state index contributed by atoms with van der Waals surface area (Å²) in [5, 5.41) is 0.827. The first kappa shape index (κ1) is 17.1. The monoisotopic (exact) mass is 361 g/mol. The number of anilines is 2. The van der Waals surface area contributed by atoms with Gasteiger partial charge in [-0.15, -0.1) is 0 Å². The molecule has 0 fully saturated rings. The molecule has 0 aliphatic rings. The predicted octanol–water partition coefficient (Wildman–Crippen LogP) is 5.55. The number of aromatic nitrogens is 2. The van der Waals surface area contributed by atoms with E-state index in [1.165, 1.54) is 6.20 Å². The van der Waals surface area contributed by atoms with E-state index in [0.29, 0.717) is 11.9 Å². The number of para-hydroxylation sites is 1. The van der Waals surface area contributed by atoms with Crippen LogP contribution in [0.1, 0.15) is 11.1 Å². The van der Waals surface area contributed by atoms with E-state index in [0.717, 1.165) is 28.6 Å². The van der Waals surface area contributed by atoms with Crippen molar-refractivity contribution in [3.63, 3.8) is 0 Å². The number of hydrogen-bond donors (Lipinski definition) is 0. The van der Waals surface area contributed by atoms with Crippen molar-refractivity contribution in [3.8, 4) is 0 Å². The molecule has 2 aromatic carbocycles. The number of rotatable bonds is 4. The molecule has 0 atom stereocenters. The van der Waals surface area contributed by atoms with Crippen LogP contribution in [0.25, 0.3) is 10.8 Å². The lowest BCUT2D eigenvalue weighted by Gasteiger charge is -2.25. The fourth-order valence-electron chi connectivity index (χ4n) is 3.17. The third-order valence-electron chi connectivity index (χ3n) is 4.48. The van der Waals surface area contributed by atoms with Crippen molar-refractivity contribution in [2.24, 2.45) is 0 Å². The van der Waals surface area contributed by atoms with Crippen LogP contribution in [-0.2, 0) is 6.54 Å². The lowest BCUT2D eigenvalue weighted by molar-refractivity contribution is 0.517. The van der Waals surface area contributed by atoms with Crippen molar-refractivity contribution in [2.75, 3.05) is 4.90 Å². The maximum absolute atomic E-state index is 14.2. The first-order valence-electron chi connectivity index (χ1n) is 8.58. The average Bonchev–Trinajstić information content (AvgIpc) is 2.70. The first-order chi connectivity index (χ1) is 13.1. The molecule has 3 nitrogen and oxygen atoms in total. The van der Waals surface area contributed by atoms with Crippen LogP contribution in [-0.4, -0.2) is 9.97 Å². The van der Waals surface area contributed by atoms with Crippen molar-refractivity contribution in [3.05, 3.63) is 96.1 Å². The Hall–Kier alpha value is -3.34. The number of aryl methyl sites for hydroxylation is 1. The topological polar surface area (TPSA) is 29.0 Å². The molecule has 2 heterocycles. The van der Waals surface area contributed by atoms with Crippen LogP contribution in [0.2, 0.25) is 0 Å². The fourth-order valence-corrected chi connectivity index (χ4v) is 3.17. The third-order valence-corrected chi connectivity index (χ3v) is 4.48. The molecule has 0 N–H and O–H groups in total. The number of nitrogens with zero attached hydrogens (tertiary/aromatic N) is 3. The van der Waals surface area contributed by atoms with Gasteiger partial charge < -0.3 is 4.90 Å². The van der Waals surface area contributed by atoms with Gasteiger partial charge >= 0.3 is 0 Å². The molecular formula is C22H17F2N3. The molecule has 4 rings (SSSR count). The van der Waals surface area contributed by atoms with E-state index in [1.54, 1.807) is 24.7 Å². The molecule has 0 spiro atoms. The Labute approximate surface area is 155 Å². The van der Waals surface area contributed by atoms with Gasteiger partial charge in [0.25, 0.3) is 0 Å². The molecule has 0 aliphatic heterocycles. The summed E-state index contributed by atoms with van der Waals surface area (Å²) < 4.78 is 27.8. The number of pyridine rings is 2. The number of fused-ring (bicyclic) bond motifs is 1.